The molecule has 2 heteroatoms. The first-order chi connectivity index (χ1) is 9.17. The number of ketones is 1. The number of hydrogen-bond donors (Lipinski definition) is 0. The Morgan fingerprint density at radius 2 is 1.74 bits per heavy atom. The predicted molar refractivity (Wildman–Crippen MR) is 79.9 cm³/mol. The molecule has 0 spiro atoms. The predicted octanol–water partition coefficient (Wildman–Crippen LogP) is 4.74. The molecule has 110 valence electrons. The van der Waals surface area contributed by atoms with Crippen molar-refractivity contribution in [2.45, 2.75) is 65.7 Å². The summed E-state index contributed by atoms with van der Waals surface area (Å²) in [6.07, 6.45) is 9.86. The number of rotatable bonds is 8. The molecule has 1 fully saturated rings. The highest BCUT2D eigenvalue weighted by atomic mass is 16.5. The minimum Gasteiger partial charge on any atom is -0.501 e. The van der Waals surface area contributed by atoms with Crippen LogP contribution in [-0.4, -0.2) is 12.9 Å². The molecular weight excluding hydrogens is 236 g/mol. The van der Waals surface area contributed by atoms with Crippen molar-refractivity contribution in [2.24, 2.45) is 17.8 Å². The van der Waals surface area contributed by atoms with E-state index in [0.717, 1.165) is 25.0 Å². The van der Waals surface area contributed by atoms with Crippen molar-refractivity contribution in [3.63, 3.8) is 0 Å². The van der Waals surface area contributed by atoms with Gasteiger partial charge in [0, 0.05) is 17.9 Å². The standard InChI is InChI=1S/C17H30O2/c1-5-13(6-2)17(19-4)12-16(18)15(7-3)14-10-8-9-11-14/h12-15H,5-11H2,1-4H3/b17-12-. The first-order valence-electron chi connectivity index (χ1n) is 7.97. The summed E-state index contributed by atoms with van der Waals surface area (Å²) < 4.78 is 5.46. The van der Waals surface area contributed by atoms with Crippen molar-refractivity contribution in [3.05, 3.63) is 11.8 Å². The van der Waals surface area contributed by atoms with Crippen molar-refractivity contribution < 1.29 is 9.53 Å². The van der Waals surface area contributed by atoms with Gasteiger partial charge in [-0.25, -0.2) is 0 Å². The Balaban J connectivity index is 2.77. The number of carbonyl (C=O) groups excluding carboxylic acids is 1. The summed E-state index contributed by atoms with van der Waals surface area (Å²) in [6.45, 7) is 6.44. The summed E-state index contributed by atoms with van der Waals surface area (Å²) in [4.78, 5) is 12.5. The number of allylic oxidation sites excluding steroid dienone is 2. The van der Waals surface area contributed by atoms with E-state index in [1.165, 1.54) is 25.7 Å². The summed E-state index contributed by atoms with van der Waals surface area (Å²) in [5, 5.41) is 0. The minimum absolute atomic E-state index is 0.210. The molecule has 0 bridgehead atoms. The Bertz CT molecular complexity index is 296. The normalized spacial score (nSPS) is 18.9. The lowest BCUT2D eigenvalue weighted by Crippen LogP contribution is -2.21. The van der Waals surface area contributed by atoms with Crippen LogP contribution in [0.15, 0.2) is 11.8 Å². The first kappa shape index (κ1) is 16.3. The second kappa shape index (κ2) is 8.39. The van der Waals surface area contributed by atoms with Gasteiger partial charge in [-0.3, -0.25) is 4.79 Å². The van der Waals surface area contributed by atoms with E-state index < -0.39 is 0 Å². The molecule has 0 radical (unpaired) electrons. The lowest BCUT2D eigenvalue weighted by Gasteiger charge is -2.21. The molecule has 0 heterocycles. The van der Waals surface area contributed by atoms with E-state index in [0.29, 0.717) is 11.8 Å². The topological polar surface area (TPSA) is 26.3 Å². The van der Waals surface area contributed by atoms with Gasteiger partial charge < -0.3 is 4.74 Å². The second-order valence-electron chi connectivity index (χ2n) is 5.73. The highest BCUT2D eigenvalue weighted by Crippen LogP contribution is 2.34. The van der Waals surface area contributed by atoms with Crippen LogP contribution >= 0.6 is 0 Å². The van der Waals surface area contributed by atoms with E-state index in [2.05, 4.69) is 20.8 Å². The van der Waals surface area contributed by atoms with E-state index >= 15 is 0 Å². The quantitative estimate of drug-likeness (QED) is 0.468. The number of methoxy groups -OCH3 is 1. The first-order valence-corrected chi connectivity index (χ1v) is 7.97. The van der Waals surface area contributed by atoms with Crippen LogP contribution in [-0.2, 0) is 9.53 Å². The van der Waals surface area contributed by atoms with E-state index in [1.807, 2.05) is 0 Å². The zero-order valence-corrected chi connectivity index (χ0v) is 13.1. The van der Waals surface area contributed by atoms with Crippen LogP contribution in [0.2, 0.25) is 0 Å². The zero-order chi connectivity index (χ0) is 14.3. The molecular formula is C17H30O2. The summed E-state index contributed by atoms with van der Waals surface area (Å²) in [6, 6.07) is 0. The van der Waals surface area contributed by atoms with E-state index in [-0.39, 0.29) is 11.7 Å². The average molecular weight is 266 g/mol. The van der Waals surface area contributed by atoms with Gasteiger partial charge in [-0.05, 0) is 38.0 Å². The van der Waals surface area contributed by atoms with Gasteiger partial charge in [-0.2, -0.15) is 0 Å². The van der Waals surface area contributed by atoms with Crippen LogP contribution in [0.4, 0.5) is 0 Å². The minimum atomic E-state index is 0.210. The van der Waals surface area contributed by atoms with E-state index in [1.54, 1.807) is 13.2 Å². The molecule has 1 unspecified atom stereocenters. The molecule has 1 atom stereocenters. The van der Waals surface area contributed by atoms with Gasteiger partial charge in [-0.1, -0.05) is 33.6 Å². The molecule has 0 aromatic heterocycles. The maximum absolute atomic E-state index is 12.5. The molecule has 0 amide bonds. The van der Waals surface area contributed by atoms with Gasteiger partial charge >= 0.3 is 0 Å². The molecule has 1 aliphatic rings. The fourth-order valence-electron chi connectivity index (χ4n) is 3.41. The van der Waals surface area contributed by atoms with Gasteiger partial charge in [0.25, 0.3) is 0 Å². The summed E-state index contributed by atoms with van der Waals surface area (Å²) in [7, 11) is 1.69. The van der Waals surface area contributed by atoms with Gasteiger partial charge in [0.15, 0.2) is 5.78 Å². The van der Waals surface area contributed by atoms with Crippen molar-refractivity contribution >= 4 is 5.78 Å². The molecule has 19 heavy (non-hydrogen) atoms. The second-order valence-corrected chi connectivity index (χ2v) is 5.73. The Labute approximate surface area is 118 Å². The Hall–Kier alpha value is -0.790. The highest BCUT2D eigenvalue weighted by molar-refractivity contribution is 5.92. The van der Waals surface area contributed by atoms with Gasteiger partial charge in [0.2, 0.25) is 0 Å². The maximum Gasteiger partial charge on any atom is 0.162 e. The fraction of sp³-hybridized carbons (Fsp3) is 0.824. The number of ether oxygens (including phenoxy) is 1. The Morgan fingerprint density at radius 3 is 2.16 bits per heavy atom. The Kier molecular flexibility index (Phi) is 7.19. The summed E-state index contributed by atoms with van der Waals surface area (Å²) in [5.74, 6) is 2.37. The Morgan fingerprint density at radius 1 is 1.16 bits per heavy atom. The third-order valence-electron chi connectivity index (χ3n) is 4.68. The lowest BCUT2D eigenvalue weighted by atomic mass is 9.84. The largest absolute Gasteiger partial charge is 0.501 e. The third kappa shape index (κ3) is 4.36. The van der Waals surface area contributed by atoms with Crippen LogP contribution in [0.3, 0.4) is 0 Å². The number of hydrogen-bond acceptors (Lipinski definition) is 2. The van der Waals surface area contributed by atoms with Crippen LogP contribution < -0.4 is 0 Å². The van der Waals surface area contributed by atoms with Crippen LogP contribution in [0, 0.1) is 17.8 Å². The third-order valence-corrected chi connectivity index (χ3v) is 4.68. The van der Waals surface area contributed by atoms with Crippen molar-refractivity contribution in [2.75, 3.05) is 7.11 Å². The average Bonchev–Trinajstić information content (AvgIpc) is 2.93. The molecule has 2 nitrogen and oxygen atoms in total. The number of carbonyl (C=O) groups is 1. The molecule has 0 aromatic carbocycles. The van der Waals surface area contributed by atoms with Crippen LogP contribution in [0.25, 0.3) is 0 Å². The van der Waals surface area contributed by atoms with E-state index in [9.17, 15) is 4.79 Å². The molecule has 1 aliphatic carbocycles. The monoisotopic (exact) mass is 266 g/mol. The molecule has 1 rings (SSSR count). The molecule has 0 saturated heterocycles. The van der Waals surface area contributed by atoms with Crippen molar-refractivity contribution in [3.8, 4) is 0 Å². The van der Waals surface area contributed by atoms with Crippen LogP contribution in [0.1, 0.15) is 65.7 Å². The maximum atomic E-state index is 12.5. The lowest BCUT2D eigenvalue weighted by molar-refractivity contribution is -0.120. The van der Waals surface area contributed by atoms with Gasteiger partial charge in [0.05, 0.1) is 7.11 Å². The summed E-state index contributed by atoms with van der Waals surface area (Å²) in [5.41, 5.74) is 0. The van der Waals surface area contributed by atoms with E-state index in [4.69, 9.17) is 4.74 Å². The molecule has 0 aromatic rings. The van der Waals surface area contributed by atoms with Gasteiger partial charge in [-0.15, -0.1) is 0 Å². The SMILES string of the molecule is CCC(CC)/C(=C/C(=O)C(CC)C1CCCC1)OC. The van der Waals surface area contributed by atoms with Crippen molar-refractivity contribution in [1.82, 2.24) is 0 Å². The van der Waals surface area contributed by atoms with Crippen LogP contribution in [0.5, 0.6) is 0 Å². The summed E-state index contributed by atoms with van der Waals surface area (Å²) >= 11 is 0. The molecule has 1 saturated carbocycles. The molecule has 0 aliphatic heterocycles. The molecule has 0 N–H and O–H groups in total. The van der Waals surface area contributed by atoms with Gasteiger partial charge in [0.1, 0.15) is 5.76 Å². The zero-order valence-electron chi connectivity index (χ0n) is 13.1. The smallest absolute Gasteiger partial charge is 0.162 e. The fourth-order valence-corrected chi connectivity index (χ4v) is 3.41. The van der Waals surface area contributed by atoms with Crippen molar-refractivity contribution in [1.29, 1.82) is 0 Å². The highest BCUT2D eigenvalue weighted by Gasteiger charge is 2.28.